The number of amides is 4. The van der Waals surface area contributed by atoms with E-state index in [0.29, 0.717) is 25.6 Å². The van der Waals surface area contributed by atoms with Crippen molar-refractivity contribution < 1.29 is 19.3 Å². The highest BCUT2D eigenvalue weighted by molar-refractivity contribution is 7.09. The summed E-state index contributed by atoms with van der Waals surface area (Å²) in [5, 5.41) is 9.70. The number of carbonyl (C=O) groups is 3. The molecule has 1 aromatic rings. The van der Waals surface area contributed by atoms with Crippen LogP contribution in [0.4, 0.5) is 4.79 Å². The molecule has 0 aliphatic heterocycles. The van der Waals surface area contributed by atoms with Gasteiger partial charge < -0.3 is 15.5 Å². The zero-order chi connectivity index (χ0) is 17.9. The van der Waals surface area contributed by atoms with Crippen molar-refractivity contribution in [2.75, 3.05) is 26.2 Å². The molecule has 8 heteroatoms. The maximum atomic E-state index is 12.0. The molecule has 7 nitrogen and oxygen atoms in total. The monoisotopic (exact) mass is 355 g/mol. The first-order chi connectivity index (χ1) is 11.4. The Kier molecular flexibility index (Phi) is 9.03. The summed E-state index contributed by atoms with van der Waals surface area (Å²) in [6, 6.07) is 3.40. The van der Waals surface area contributed by atoms with E-state index >= 15 is 0 Å². The maximum absolute atomic E-state index is 12.0. The largest absolute Gasteiger partial charge is 0.346 e. The van der Waals surface area contributed by atoms with Crippen molar-refractivity contribution in [1.29, 1.82) is 0 Å². The highest BCUT2D eigenvalue weighted by Crippen LogP contribution is 2.06. The molecule has 0 spiro atoms. The van der Waals surface area contributed by atoms with Crippen LogP contribution in [-0.4, -0.2) is 44.0 Å². The highest BCUT2D eigenvalue weighted by Gasteiger charge is 2.18. The Balaban J connectivity index is 2.30. The molecule has 4 N–H and O–H groups in total. The molecule has 0 saturated heterocycles. The van der Waals surface area contributed by atoms with Gasteiger partial charge in [-0.1, -0.05) is 19.9 Å². The van der Waals surface area contributed by atoms with Crippen LogP contribution in [0.5, 0.6) is 0 Å². The average molecular weight is 355 g/mol. The first-order valence-corrected chi connectivity index (χ1v) is 8.99. The lowest BCUT2D eigenvalue weighted by Gasteiger charge is -2.16. The van der Waals surface area contributed by atoms with Gasteiger partial charge in [0.25, 0.3) is 11.8 Å². The van der Waals surface area contributed by atoms with Gasteiger partial charge in [0.2, 0.25) is 0 Å². The molecule has 4 amide bonds. The lowest BCUT2D eigenvalue weighted by atomic mass is 10.2. The van der Waals surface area contributed by atoms with Crippen LogP contribution >= 0.6 is 11.3 Å². The average Bonchev–Trinajstić information content (AvgIpc) is 3.03. The van der Waals surface area contributed by atoms with Crippen molar-refractivity contribution in [2.24, 2.45) is 5.92 Å². The van der Waals surface area contributed by atoms with Gasteiger partial charge in [-0.3, -0.25) is 14.9 Å². The molecule has 0 radical (unpaired) electrons. The summed E-state index contributed by atoms with van der Waals surface area (Å²) < 4.78 is 0. The number of carbonyl (C=O) groups excluding carboxylic acids is 3. The van der Waals surface area contributed by atoms with E-state index < -0.39 is 6.03 Å². The first kappa shape index (κ1) is 20.1. The lowest BCUT2D eigenvalue weighted by Crippen LogP contribution is -3.14. The van der Waals surface area contributed by atoms with Crippen LogP contribution in [0, 0.1) is 5.92 Å². The second-order valence-electron chi connectivity index (χ2n) is 5.97. The van der Waals surface area contributed by atoms with Gasteiger partial charge in [0.15, 0.2) is 13.1 Å². The van der Waals surface area contributed by atoms with E-state index in [0.717, 1.165) is 9.78 Å². The van der Waals surface area contributed by atoms with Crippen LogP contribution in [0.2, 0.25) is 0 Å². The zero-order valence-corrected chi connectivity index (χ0v) is 15.3. The molecule has 0 aliphatic rings. The fourth-order valence-corrected chi connectivity index (χ4v) is 2.58. The second-order valence-corrected chi connectivity index (χ2v) is 7.00. The number of urea groups is 1. The topological polar surface area (TPSA) is 91.7 Å². The number of thiophene rings is 1. The third-order valence-electron chi connectivity index (χ3n) is 3.28. The van der Waals surface area contributed by atoms with Gasteiger partial charge in [-0.2, -0.15) is 0 Å². The maximum Gasteiger partial charge on any atom is 0.321 e. The van der Waals surface area contributed by atoms with E-state index in [1.54, 1.807) is 11.3 Å². The van der Waals surface area contributed by atoms with Crippen molar-refractivity contribution >= 4 is 29.2 Å². The molecule has 0 aliphatic carbocycles. The quantitative estimate of drug-likeness (QED) is 0.492. The molecule has 1 heterocycles. The van der Waals surface area contributed by atoms with E-state index in [-0.39, 0.29) is 24.9 Å². The Morgan fingerprint density at radius 1 is 1.17 bits per heavy atom. The summed E-state index contributed by atoms with van der Waals surface area (Å²) in [6.45, 7) is 7.74. The summed E-state index contributed by atoms with van der Waals surface area (Å²) in [5.41, 5.74) is 0. The fraction of sp³-hybridized carbons (Fsp3) is 0.562. The van der Waals surface area contributed by atoms with E-state index in [1.165, 1.54) is 0 Å². The molecule has 24 heavy (non-hydrogen) atoms. The third-order valence-corrected chi connectivity index (χ3v) is 4.16. The Morgan fingerprint density at radius 3 is 2.46 bits per heavy atom. The number of nitrogens with one attached hydrogen (secondary N) is 4. The molecule has 0 saturated carbocycles. The summed E-state index contributed by atoms with van der Waals surface area (Å²) in [4.78, 5) is 37.3. The Bertz CT molecular complexity index is 531. The molecular formula is C16H27N4O3S+. The van der Waals surface area contributed by atoms with Gasteiger partial charge in [0.1, 0.15) is 0 Å². The van der Waals surface area contributed by atoms with Gasteiger partial charge >= 0.3 is 6.03 Å². The van der Waals surface area contributed by atoms with Gasteiger partial charge in [-0.05, 0) is 24.3 Å². The van der Waals surface area contributed by atoms with Crippen molar-refractivity contribution in [2.45, 2.75) is 27.3 Å². The number of likely N-dealkylation sites (N-methyl/N-ethyl adjacent to an activating group) is 1. The van der Waals surface area contributed by atoms with E-state index in [2.05, 4.69) is 16.0 Å². The standard InChI is InChI=1S/C16H26N4O3S/c1-4-20(10-14(21)17-9-13-6-5-7-24-13)11-15(22)19-16(23)18-8-12(2)3/h5-7,12H,4,8-11H2,1-3H3,(H,17,21)(H2,18,19,22,23)/p+1. The van der Waals surface area contributed by atoms with Crippen LogP contribution in [-0.2, 0) is 16.1 Å². The molecule has 1 unspecified atom stereocenters. The fourth-order valence-electron chi connectivity index (χ4n) is 1.94. The molecular weight excluding hydrogens is 328 g/mol. The number of quaternary nitrogens is 1. The first-order valence-electron chi connectivity index (χ1n) is 8.11. The van der Waals surface area contributed by atoms with Crippen molar-refractivity contribution in [3.63, 3.8) is 0 Å². The van der Waals surface area contributed by atoms with E-state index in [9.17, 15) is 14.4 Å². The van der Waals surface area contributed by atoms with Crippen LogP contribution in [0.3, 0.4) is 0 Å². The molecule has 1 atom stereocenters. The molecule has 0 bridgehead atoms. The Hall–Kier alpha value is -1.93. The highest BCUT2D eigenvalue weighted by atomic mass is 32.1. The van der Waals surface area contributed by atoms with Crippen LogP contribution in [0.1, 0.15) is 25.6 Å². The Labute approximate surface area is 146 Å². The minimum Gasteiger partial charge on any atom is -0.346 e. The lowest BCUT2D eigenvalue weighted by molar-refractivity contribution is -0.881. The van der Waals surface area contributed by atoms with Gasteiger partial charge in [0.05, 0.1) is 13.1 Å². The zero-order valence-electron chi connectivity index (χ0n) is 14.5. The van der Waals surface area contributed by atoms with Gasteiger partial charge in [-0.15, -0.1) is 11.3 Å². The van der Waals surface area contributed by atoms with Crippen LogP contribution < -0.4 is 20.9 Å². The smallest absolute Gasteiger partial charge is 0.321 e. The Morgan fingerprint density at radius 2 is 1.88 bits per heavy atom. The van der Waals surface area contributed by atoms with E-state index in [4.69, 9.17) is 0 Å². The van der Waals surface area contributed by atoms with E-state index in [1.807, 2.05) is 38.3 Å². The van der Waals surface area contributed by atoms with Crippen LogP contribution in [0.25, 0.3) is 0 Å². The number of imide groups is 1. The summed E-state index contributed by atoms with van der Waals surface area (Å²) in [6.07, 6.45) is 0. The summed E-state index contributed by atoms with van der Waals surface area (Å²) >= 11 is 1.58. The van der Waals surface area contributed by atoms with Gasteiger partial charge in [-0.25, -0.2) is 4.79 Å². The molecule has 1 aromatic heterocycles. The third kappa shape index (κ3) is 8.64. The predicted molar refractivity (Wildman–Crippen MR) is 93.8 cm³/mol. The minimum atomic E-state index is -0.494. The number of hydrogen-bond donors (Lipinski definition) is 4. The summed E-state index contributed by atoms with van der Waals surface area (Å²) in [7, 11) is 0. The number of rotatable bonds is 9. The van der Waals surface area contributed by atoms with Crippen molar-refractivity contribution in [1.82, 2.24) is 16.0 Å². The predicted octanol–water partition coefficient (Wildman–Crippen LogP) is -0.249. The normalized spacial score (nSPS) is 11.8. The van der Waals surface area contributed by atoms with Gasteiger partial charge in [0, 0.05) is 11.4 Å². The second kappa shape index (κ2) is 10.8. The summed E-state index contributed by atoms with van der Waals surface area (Å²) in [5.74, 6) is -0.188. The molecule has 0 fully saturated rings. The number of hydrogen-bond acceptors (Lipinski definition) is 4. The van der Waals surface area contributed by atoms with Crippen LogP contribution in [0.15, 0.2) is 17.5 Å². The molecule has 134 valence electrons. The van der Waals surface area contributed by atoms with Crippen molar-refractivity contribution in [3.05, 3.63) is 22.4 Å². The minimum absolute atomic E-state index is 0.0814. The van der Waals surface area contributed by atoms with Crippen molar-refractivity contribution in [3.8, 4) is 0 Å². The molecule has 1 rings (SSSR count). The SMILES string of the molecule is CC[NH+](CC(=O)NCc1cccs1)CC(=O)NC(=O)NCC(C)C. The molecule has 0 aromatic carbocycles.